The van der Waals surface area contributed by atoms with Gasteiger partial charge in [0.1, 0.15) is 0 Å². The van der Waals surface area contributed by atoms with Crippen LogP contribution in [0.4, 0.5) is 0 Å². The van der Waals surface area contributed by atoms with Crippen LogP contribution in [0.25, 0.3) is 0 Å². The summed E-state index contributed by atoms with van der Waals surface area (Å²) in [6, 6.07) is 10.0. The molecule has 0 bridgehead atoms. The van der Waals surface area contributed by atoms with Crippen LogP contribution in [0.5, 0.6) is 0 Å². The van der Waals surface area contributed by atoms with Gasteiger partial charge in [-0.05, 0) is 41.1 Å². The van der Waals surface area contributed by atoms with Crippen molar-refractivity contribution in [3.05, 3.63) is 52.2 Å². The van der Waals surface area contributed by atoms with Gasteiger partial charge in [0.15, 0.2) is 0 Å². The fraction of sp³-hybridized carbons (Fsp3) is 0.450. The second-order valence-corrected chi connectivity index (χ2v) is 10.3. The van der Waals surface area contributed by atoms with Crippen molar-refractivity contribution in [1.82, 2.24) is 9.62 Å². The second kappa shape index (κ2) is 8.54. The van der Waals surface area contributed by atoms with Gasteiger partial charge in [-0.1, -0.05) is 40.7 Å². The average molecular weight is 409 g/mol. The summed E-state index contributed by atoms with van der Waals surface area (Å²) in [6.45, 7) is 10.7. The first-order valence-electron chi connectivity index (χ1n) is 9.05. The minimum absolute atomic E-state index is 0.121. The van der Waals surface area contributed by atoms with Crippen LogP contribution < -0.4 is 5.32 Å². The summed E-state index contributed by atoms with van der Waals surface area (Å²) in [4.78, 5) is 14.0. The summed E-state index contributed by atoms with van der Waals surface area (Å²) in [5, 5.41) is 5.08. The van der Waals surface area contributed by atoms with Crippen molar-refractivity contribution in [3.63, 3.8) is 0 Å². The Balaban J connectivity index is 2.23. The third-order valence-corrected chi connectivity index (χ3v) is 7.43. The van der Waals surface area contributed by atoms with E-state index in [1.54, 1.807) is 37.3 Å². The smallest absolute Gasteiger partial charge is 0.251 e. The monoisotopic (exact) mass is 408 g/mol. The lowest BCUT2D eigenvalue weighted by Gasteiger charge is -2.30. The van der Waals surface area contributed by atoms with Crippen LogP contribution in [0.3, 0.4) is 0 Å². The molecule has 1 N–H and O–H groups in total. The Labute approximate surface area is 166 Å². The van der Waals surface area contributed by atoms with Gasteiger partial charge >= 0.3 is 0 Å². The first-order valence-corrected chi connectivity index (χ1v) is 11.4. The molecule has 5 nitrogen and oxygen atoms in total. The van der Waals surface area contributed by atoms with Crippen LogP contribution in [0.2, 0.25) is 0 Å². The highest BCUT2D eigenvalue weighted by Gasteiger charge is 2.29. The molecule has 2 aromatic rings. The number of carbonyl (C=O) groups is 1. The van der Waals surface area contributed by atoms with Gasteiger partial charge < -0.3 is 5.32 Å². The molecule has 0 saturated heterocycles. The number of hydrogen-bond acceptors (Lipinski definition) is 4. The molecule has 0 aliphatic heterocycles. The topological polar surface area (TPSA) is 66.5 Å². The third-order valence-electron chi connectivity index (χ3n) is 4.43. The van der Waals surface area contributed by atoms with Crippen molar-refractivity contribution >= 4 is 27.3 Å². The van der Waals surface area contributed by atoms with Crippen LogP contribution in [0, 0.1) is 5.41 Å². The van der Waals surface area contributed by atoms with Gasteiger partial charge in [0.2, 0.25) is 10.0 Å². The van der Waals surface area contributed by atoms with Crippen LogP contribution in [0.15, 0.2) is 46.7 Å². The van der Waals surface area contributed by atoms with E-state index in [0.29, 0.717) is 18.7 Å². The molecule has 0 radical (unpaired) electrons. The molecule has 7 heteroatoms. The molecule has 1 amide bonds. The standard InChI is InChI=1S/C20H28N2O3S2/c1-6-22(7-2)27(24,25)16-12-10-15(11-13-16)19(23)21-18(20(3,4)5)17-9-8-14-26-17/h8-14,18H,6-7H2,1-5H3,(H,21,23). The Morgan fingerprint density at radius 1 is 1.11 bits per heavy atom. The normalized spacial score (nSPS) is 13.6. The lowest BCUT2D eigenvalue weighted by Crippen LogP contribution is -2.36. The summed E-state index contributed by atoms with van der Waals surface area (Å²) >= 11 is 1.61. The number of nitrogens with one attached hydrogen (secondary N) is 1. The molecule has 0 saturated carbocycles. The summed E-state index contributed by atoms with van der Waals surface area (Å²) in [5.74, 6) is -0.213. The summed E-state index contributed by atoms with van der Waals surface area (Å²) in [5.41, 5.74) is 0.298. The molecule has 0 aliphatic rings. The molecule has 1 heterocycles. The van der Waals surface area contributed by atoms with E-state index in [1.165, 1.54) is 16.4 Å². The Bertz CT molecular complexity index is 848. The Morgan fingerprint density at radius 2 is 1.70 bits per heavy atom. The predicted octanol–water partition coefficient (Wildman–Crippen LogP) is 4.30. The van der Waals surface area contributed by atoms with Gasteiger partial charge in [-0.15, -0.1) is 11.3 Å². The van der Waals surface area contributed by atoms with Crippen LogP contribution in [0.1, 0.15) is 55.9 Å². The van der Waals surface area contributed by atoms with E-state index in [1.807, 2.05) is 17.5 Å². The molecular formula is C20H28N2O3S2. The molecule has 1 unspecified atom stereocenters. The molecule has 1 atom stereocenters. The van der Waals surface area contributed by atoms with Crippen molar-refractivity contribution in [2.45, 2.75) is 45.6 Å². The quantitative estimate of drug-likeness (QED) is 0.743. The van der Waals surface area contributed by atoms with E-state index in [-0.39, 0.29) is 22.3 Å². The van der Waals surface area contributed by atoms with E-state index in [9.17, 15) is 13.2 Å². The Hall–Kier alpha value is -1.70. The van der Waals surface area contributed by atoms with E-state index < -0.39 is 10.0 Å². The number of amides is 1. The van der Waals surface area contributed by atoms with Gasteiger partial charge in [-0.2, -0.15) is 4.31 Å². The number of benzene rings is 1. The third kappa shape index (κ3) is 4.97. The number of rotatable bonds is 7. The van der Waals surface area contributed by atoms with Gasteiger partial charge in [-0.3, -0.25) is 4.79 Å². The van der Waals surface area contributed by atoms with E-state index in [2.05, 4.69) is 26.1 Å². The highest BCUT2D eigenvalue weighted by atomic mass is 32.2. The molecule has 1 aromatic carbocycles. The molecule has 0 spiro atoms. The number of hydrogen-bond donors (Lipinski definition) is 1. The van der Waals surface area contributed by atoms with Gasteiger partial charge in [0.05, 0.1) is 10.9 Å². The fourth-order valence-electron chi connectivity index (χ4n) is 2.88. The molecule has 0 fully saturated rings. The SMILES string of the molecule is CCN(CC)S(=O)(=O)c1ccc(C(=O)NC(c2cccs2)C(C)(C)C)cc1. The fourth-order valence-corrected chi connectivity index (χ4v) is 5.35. The van der Waals surface area contributed by atoms with Crippen LogP contribution in [-0.2, 0) is 10.0 Å². The van der Waals surface area contributed by atoms with E-state index >= 15 is 0 Å². The van der Waals surface area contributed by atoms with Gasteiger partial charge in [0.25, 0.3) is 5.91 Å². The molecule has 27 heavy (non-hydrogen) atoms. The van der Waals surface area contributed by atoms with Crippen molar-refractivity contribution in [2.75, 3.05) is 13.1 Å². The Morgan fingerprint density at radius 3 is 2.15 bits per heavy atom. The number of carbonyl (C=O) groups excluding carboxylic acids is 1. The Kier molecular flexibility index (Phi) is 6.83. The maximum Gasteiger partial charge on any atom is 0.251 e. The van der Waals surface area contributed by atoms with E-state index in [0.717, 1.165) is 4.88 Å². The van der Waals surface area contributed by atoms with Crippen molar-refractivity contribution in [1.29, 1.82) is 0 Å². The average Bonchev–Trinajstić information content (AvgIpc) is 3.13. The molecule has 0 aliphatic carbocycles. The van der Waals surface area contributed by atoms with Crippen LogP contribution >= 0.6 is 11.3 Å². The number of nitrogens with zero attached hydrogens (tertiary/aromatic N) is 1. The summed E-state index contributed by atoms with van der Waals surface area (Å²) < 4.78 is 26.5. The zero-order valence-electron chi connectivity index (χ0n) is 16.5. The maximum absolute atomic E-state index is 12.7. The van der Waals surface area contributed by atoms with Crippen molar-refractivity contribution in [3.8, 4) is 0 Å². The highest BCUT2D eigenvalue weighted by molar-refractivity contribution is 7.89. The number of thiophene rings is 1. The molecule has 2 rings (SSSR count). The maximum atomic E-state index is 12.7. The van der Waals surface area contributed by atoms with Gasteiger partial charge in [0, 0.05) is 23.5 Å². The van der Waals surface area contributed by atoms with Crippen molar-refractivity contribution in [2.24, 2.45) is 5.41 Å². The second-order valence-electron chi connectivity index (χ2n) is 7.40. The zero-order valence-corrected chi connectivity index (χ0v) is 18.2. The first-order chi connectivity index (χ1) is 12.6. The molecule has 148 valence electrons. The lowest BCUT2D eigenvalue weighted by atomic mass is 9.85. The van der Waals surface area contributed by atoms with Crippen molar-refractivity contribution < 1.29 is 13.2 Å². The summed E-state index contributed by atoms with van der Waals surface area (Å²) in [6.07, 6.45) is 0. The zero-order chi connectivity index (χ0) is 20.2. The molecular weight excluding hydrogens is 380 g/mol. The van der Waals surface area contributed by atoms with E-state index in [4.69, 9.17) is 0 Å². The highest BCUT2D eigenvalue weighted by Crippen LogP contribution is 2.35. The van der Waals surface area contributed by atoms with Gasteiger partial charge in [-0.25, -0.2) is 8.42 Å². The largest absolute Gasteiger partial charge is 0.344 e. The minimum Gasteiger partial charge on any atom is -0.344 e. The number of sulfonamides is 1. The molecule has 1 aromatic heterocycles. The minimum atomic E-state index is -3.52. The lowest BCUT2D eigenvalue weighted by molar-refractivity contribution is 0.0903. The predicted molar refractivity (Wildman–Crippen MR) is 111 cm³/mol. The van der Waals surface area contributed by atoms with Crippen LogP contribution in [-0.4, -0.2) is 31.7 Å². The summed E-state index contributed by atoms with van der Waals surface area (Å²) in [7, 11) is -3.52. The first kappa shape index (κ1) is 21.6.